The molecule has 8 heteroatoms. The van der Waals surface area contributed by atoms with E-state index >= 15 is 0 Å². The predicted octanol–water partition coefficient (Wildman–Crippen LogP) is 0.804. The maximum absolute atomic E-state index is 8.94. The zero-order valence-corrected chi connectivity index (χ0v) is 11.8. The van der Waals surface area contributed by atoms with Crippen molar-refractivity contribution in [3.63, 3.8) is 0 Å². The van der Waals surface area contributed by atoms with Crippen molar-refractivity contribution in [3.05, 3.63) is 29.3 Å². The van der Waals surface area contributed by atoms with Crippen LogP contribution in [0.4, 0.5) is 0 Å². The number of nitriles is 1. The van der Waals surface area contributed by atoms with E-state index in [-0.39, 0.29) is 0 Å². The third kappa shape index (κ3) is 3.26. The van der Waals surface area contributed by atoms with Crippen LogP contribution < -0.4 is 10.5 Å². The van der Waals surface area contributed by atoms with Crippen LogP contribution in [0.1, 0.15) is 11.1 Å². The van der Waals surface area contributed by atoms with Gasteiger partial charge in [0.15, 0.2) is 0 Å². The first-order chi connectivity index (χ1) is 9.78. The second-order valence-electron chi connectivity index (χ2n) is 3.91. The molecule has 2 N–H and O–H groups in total. The molecule has 0 bridgehead atoms. The van der Waals surface area contributed by atoms with E-state index in [2.05, 4.69) is 21.6 Å². The number of thioether (sulfide) groups is 1. The number of benzene rings is 1. The van der Waals surface area contributed by atoms with Crippen LogP contribution in [-0.2, 0) is 12.3 Å². The molecule has 0 aliphatic carbocycles. The van der Waals surface area contributed by atoms with E-state index < -0.39 is 0 Å². The summed E-state index contributed by atoms with van der Waals surface area (Å²) in [6.45, 7) is 1.08. The lowest BCUT2D eigenvalue weighted by Crippen LogP contribution is -2.12. The van der Waals surface area contributed by atoms with Crippen molar-refractivity contribution in [3.8, 4) is 11.8 Å². The number of nitrogens with two attached hydrogens (primary N) is 1. The van der Waals surface area contributed by atoms with E-state index in [1.165, 1.54) is 11.8 Å². The van der Waals surface area contributed by atoms with Crippen molar-refractivity contribution < 1.29 is 4.74 Å². The minimum Gasteiger partial charge on any atom is -0.495 e. The summed E-state index contributed by atoms with van der Waals surface area (Å²) in [7, 11) is 1.55. The molecule has 1 aromatic carbocycles. The van der Waals surface area contributed by atoms with Crippen molar-refractivity contribution >= 4 is 11.8 Å². The maximum atomic E-state index is 8.94. The average Bonchev–Trinajstić information content (AvgIpc) is 2.92. The molecule has 0 aliphatic rings. The molecule has 1 heterocycles. The highest BCUT2D eigenvalue weighted by molar-refractivity contribution is 7.98. The SMILES string of the molecule is COc1cc(CSc2nnnn2CCN)ccc1C#N. The number of tetrazole rings is 1. The van der Waals surface area contributed by atoms with Crippen LogP contribution in [0.15, 0.2) is 23.4 Å². The van der Waals surface area contributed by atoms with Crippen LogP contribution in [-0.4, -0.2) is 33.9 Å². The van der Waals surface area contributed by atoms with Crippen molar-refractivity contribution in [1.29, 1.82) is 5.26 Å². The molecule has 1 aromatic heterocycles. The van der Waals surface area contributed by atoms with E-state index in [0.717, 1.165) is 10.7 Å². The van der Waals surface area contributed by atoms with Crippen LogP contribution >= 0.6 is 11.8 Å². The van der Waals surface area contributed by atoms with Gasteiger partial charge in [0.05, 0.1) is 19.2 Å². The van der Waals surface area contributed by atoms with Gasteiger partial charge < -0.3 is 10.5 Å². The lowest BCUT2D eigenvalue weighted by molar-refractivity contribution is 0.413. The standard InChI is InChI=1S/C12H14N6OS/c1-19-11-6-9(2-3-10(11)7-14)8-20-12-15-16-17-18(12)5-4-13/h2-3,6H,4-5,8,13H2,1H3. The fourth-order valence-corrected chi connectivity index (χ4v) is 2.47. The molecular formula is C12H14N6OS. The largest absolute Gasteiger partial charge is 0.495 e. The highest BCUT2D eigenvalue weighted by Crippen LogP contribution is 2.24. The van der Waals surface area contributed by atoms with Crippen LogP contribution in [0.2, 0.25) is 0 Å². The second-order valence-corrected chi connectivity index (χ2v) is 4.85. The Bertz CT molecular complexity index is 621. The molecule has 0 saturated carbocycles. The minimum atomic E-state index is 0.489. The van der Waals surface area contributed by atoms with Gasteiger partial charge in [-0.25, -0.2) is 4.68 Å². The third-order valence-electron chi connectivity index (χ3n) is 2.59. The Morgan fingerprint density at radius 3 is 3.05 bits per heavy atom. The Morgan fingerprint density at radius 1 is 1.50 bits per heavy atom. The van der Waals surface area contributed by atoms with Crippen molar-refractivity contribution in [2.75, 3.05) is 13.7 Å². The number of aromatic nitrogens is 4. The number of hydrogen-bond acceptors (Lipinski definition) is 7. The van der Waals surface area contributed by atoms with Gasteiger partial charge in [0.2, 0.25) is 5.16 Å². The van der Waals surface area contributed by atoms with Gasteiger partial charge in [-0.2, -0.15) is 5.26 Å². The number of hydrogen-bond donors (Lipinski definition) is 1. The van der Waals surface area contributed by atoms with E-state index in [4.69, 9.17) is 15.7 Å². The first kappa shape index (κ1) is 14.3. The highest BCUT2D eigenvalue weighted by Gasteiger charge is 2.08. The highest BCUT2D eigenvalue weighted by atomic mass is 32.2. The third-order valence-corrected chi connectivity index (χ3v) is 3.62. The lowest BCUT2D eigenvalue weighted by Gasteiger charge is -2.06. The van der Waals surface area contributed by atoms with E-state index in [1.807, 2.05) is 12.1 Å². The zero-order valence-electron chi connectivity index (χ0n) is 11.0. The first-order valence-corrected chi connectivity index (χ1v) is 6.93. The molecule has 2 rings (SSSR count). The number of methoxy groups -OCH3 is 1. The summed E-state index contributed by atoms with van der Waals surface area (Å²) in [6.07, 6.45) is 0. The van der Waals surface area contributed by atoms with Gasteiger partial charge in [0.1, 0.15) is 11.8 Å². The smallest absolute Gasteiger partial charge is 0.209 e. The number of ether oxygens (including phenoxy) is 1. The predicted molar refractivity (Wildman–Crippen MR) is 74.1 cm³/mol. The minimum absolute atomic E-state index is 0.489. The van der Waals surface area contributed by atoms with Crippen molar-refractivity contribution in [2.45, 2.75) is 17.5 Å². The van der Waals surface area contributed by atoms with Gasteiger partial charge in [-0.15, -0.1) is 5.10 Å². The molecule has 0 amide bonds. The Kier molecular flexibility index (Phi) is 4.92. The van der Waals surface area contributed by atoms with Crippen molar-refractivity contribution in [2.24, 2.45) is 5.73 Å². The van der Waals surface area contributed by atoms with Gasteiger partial charge in [-0.05, 0) is 28.1 Å². The van der Waals surface area contributed by atoms with Crippen LogP contribution in [0.3, 0.4) is 0 Å². The van der Waals surface area contributed by atoms with Gasteiger partial charge in [0.25, 0.3) is 0 Å². The van der Waals surface area contributed by atoms with E-state index in [0.29, 0.717) is 30.2 Å². The van der Waals surface area contributed by atoms with Gasteiger partial charge in [0, 0.05) is 12.3 Å². The maximum Gasteiger partial charge on any atom is 0.209 e. The first-order valence-electron chi connectivity index (χ1n) is 5.94. The molecule has 104 valence electrons. The topological polar surface area (TPSA) is 103 Å². The monoisotopic (exact) mass is 290 g/mol. The molecule has 0 aliphatic heterocycles. The molecule has 0 radical (unpaired) electrons. The summed E-state index contributed by atoms with van der Waals surface area (Å²) in [6, 6.07) is 7.58. The fraction of sp³-hybridized carbons (Fsp3) is 0.333. The quantitative estimate of drug-likeness (QED) is 0.785. The Hall–Kier alpha value is -2.11. The summed E-state index contributed by atoms with van der Waals surface area (Å²) in [5, 5.41) is 21.1. The normalized spacial score (nSPS) is 10.2. The lowest BCUT2D eigenvalue weighted by atomic mass is 10.1. The van der Waals surface area contributed by atoms with Crippen molar-refractivity contribution in [1.82, 2.24) is 20.2 Å². The average molecular weight is 290 g/mol. The molecule has 0 spiro atoms. The summed E-state index contributed by atoms with van der Waals surface area (Å²) in [5.74, 6) is 1.26. The molecule has 20 heavy (non-hydrogen) atoms. The summed E-state index contributed by atoms with van der Waals surface area (Å²) >= 11 is 1.51. The summed E-state index contributed by atoms with van der Waals surface area (Å²) in [5.41, 5.74) is 7.05. The Morgan fingerprint density at radius 2 is 2.35 bits per heavy atom. The zero-order chi connectivity index (χ0) is 14.4. The van der Waals surface area contributed by atoms with Gasteiger partial charge in [-0.3, -0.25) is 0 Å². The van der Waals surface area contributed by atoms with Gasteiger partial charge in [-0.1, -0.05) is 17.8 Å². The molecule has 0 fully saturated rings. The molecule has 7 nitrogen and oxygen atoms in total. The molecular weight excluding hydrogens is 276 g/mol. The molecule has 0 unspecified atom stereocenters. The number of nitrogens with zero attached hydrogens (tertiary/aromatic N) is 5. The van der Waals surface area contributed by atoms with E-state index in [1.54, 1.807) is 17.9 Å². The van der Waals surface area contributed by atoms with Gasteiger partial charge >= 0.3 is 0 Å². The van der Waals surface area contributed by atoms with Crippen LogP contribution in [0.25, 0.3) is 0 Å². The summed E-state index contributed by atoms with van der Waals surface area (Å²) < 4.78 is 6.85. The summed E-state index contributed by atoms with van der Waals surface area (Å²) in [4.78, 5) is 0. The van der Waals surface area contributed by atoms with Crippen LogP contribution in [0.5, 0.6) is 5.75 Å². The molecule has 2 aromatic rings. The molecule has 0 saturated heterocycles. The second kappa shape index (κ2) is 6.88. The Labute approximate surface area is 120 Å². The van der Waals surface area contributed by atoms with E-state index in [9.17, 15) is 0 Å². The fourth-order valence-electron chi connectivity index (χ4n) is 1.63. The number of rotatable bonds is 6. The van der Waals surface area contributed by atoms with Crippen LogP contribution in [0, 0.1) is 11.3 Å². The Balaban J connectivity index is 2.07. The molecule has 0 atom stereocenters.